The quantitative estimate of drug-likeness (QED) is 0.411. The number of aromatic amines is 1. The number of halogens is 1. The van der Waals surface area contributed by atoms with Crippen LogP contribution in [0.1, 0.15) is 13.3 Å². The third-order valence-electron chi connectivity index (χ3n) is 5.35. The highest BCUT2D eigenvalue weighted by Gasteiger charge is 2.21. The molecule has 1 saturated heterocycles. The summed E-state index contributed by atoms with van der Waals surface area (Å²) in [5.41, 5.74) is 3.67. The smallest absolute Gasteiger partial charge is 0.136 e. The summed E-state index contributed by atoms with van der Waals surface area (Å²) in [4.78, 5) is 0.396. The van der Waals surface area contributed by atoms with Crippen LogP contribution in [0.15, 0.2) is 72.0 Å². The lowest BCUT2D eigenvalue weighted by Crippen LogP contribution is -2.17. The van der Waals surface area contributed by atoms with Crippen molar-refractivity contribution in [2.24, 2.45) is 5.92 Å². The molecule has 2 aromatic heterocycles. The van der Waals surface area contributed by atoms with Crippen molar-refractivity contribution in [3.05, 3.63) is 72.9 Å². The molecule has 2 N–H and O–H groups in total. The number of rotatable bonds is 3. The Hall–Kier alpha value is -2.57. The van der Waals surface area contributed by atoms with Gasteiger partial charge in [0, 0.05) is 46.3 Å². The van der Waals surface area contributed by atoms with Crippen LogP contribution in [0.5, 0.6) is 0 Å². The molecule has 2 unspecified atom stereocenters. The van der Waals surface area contributed by atoms with Gasteiger partial charge in [0.2, 0.25) is 0 Å². The second-order valence-corrected chi connectivity index (χ2v) is 8.07. The van der Waals surface area contributed by atoms with Crippen molar-refractivity contribution in [1.29, 1.82) is 0 Å². The molecule has 0 spiro atoms. The molecule has 0 amide bonds. The first kappa shape index (κ1) is 19.7. The lowest BCUT2D eigenvalue weighted by Gasteiger charge is -2.11. The van der Waals surface area contributed by atoms with E-state index in [2.05, 4.69) is 70.1 Å². The molecule has 2 atom stereocenters. The molecule has 5 rings (SSSR count). The maximum atomic E-state index is 12.2. The molecule has 2 aromatic carbocycles. The van der Waals surface area contributed by atoms with Crippen LogP contribution < -0.4 is 5.32 Å². The van der Waals surface area contributed by atoms with E-state index in [0.29, 0.717) is 10.9 Å². The molecule has 6 heteroatoms. The van der Waals surface area contributed by atoms with E-state index in [1.807, 2.05) is 12.4 Å². The van der Waals surface area contributed by atoms with Crippen LogP contribution in [0, 0.1) is 11.7 Å². The van der Waals surface area contributed by atoms with Crippen LogP contribution >= 0.6 is 12.6 Å². The first-order valence-electron chi connectivity index (χ1n) is 9.85. The molecule has 150 valence electrons. The van der Waals surface area contributed by atoms with Gasteiger partial charge in [-0.15, -0.1) is 12.6 Å². The van der Waals surface area contributed by atoms with Crippen molar-refractivity contribution < 1.29 is 4.39 Å². The van der Waals surface area contributed by atoms with Crippen molar-refractivity contribution >= 4 is 23.5 Å². The molecular formula is C23H25FN4S. The molecule has 0 saturated carbocycles. The number of benzene rings is 2. The maximum absolute atomic E-state index is 12.2. The number of nitrogens with one attached hydrogen (secondary N) is 2. The number of nitrogens with zero attached hydrogens (tertiary/aromatic N) is 2. The Morgan fingerprint density at radius 1 is 1.17 bits per heavy atom. The Labute approximate surface area is 175 Å². The molecule has 0 radical (unpaired) electrons. The molecule has 29 heavy (non-hydrogen) atoms. The van der Waals surface area contributed by atoms with Crippen LogP contribution in [-0.2, 0) is 6.54 Å². The highest BCUT2D eigenvalue weighted by molar-refractivity contribution is 7.80. The first-order valence-corrected chi connectivity index (χ1v) is 10.3. The van der Waals surface area contributed by atoms with Gasteiger partial charge in [0.1, 0.15) is 5.82 Å². The third-order valence-corrected chi connectivity index (χ3v) is 5.71. The SMILES string of the molecule is CC1CC(Cn2ccc3cc(-c4cn[nH]c4)ccc32)CN1.Fc1ccccc1S. The number of thiol groups is 1. The summed E-state index contributed by atoms with van der Waals surface area (Å²) in [6, 6.07) is 15.9. The number of hydrogen-bond acceptors (Lipinski definition) is 3. The van der Waals surface area contributed by atoms with Crippen molar-refractivity contribution in [2.45, 2.75) is 30.8 Å². The van der Waals surface area contributed by atoms with Gasteiger partial charge in [0.05, 0.1) is 6.20 Å². The summed E-state index contributed by atoms with van der Waals surface area (Å²) in [5, 5.41) is 11.7. The highest BCUT2D eigenvalue weighted by atomic mass is 32.1. The van der Waals surface area contributed by atoms with Gasteiger partial charge >= 0.3 is 0 Å². The zero-order chi connectivity index (χ0) is 20.2. The zero-order valence-corrected chi connectivity index (χ0v) is 17.2. The standard InChI is InChI=1S/C17H20N4.C6H5FS/c1-12-6-13(8-18-12)11-21-5-4-15-7-14(2-3-17(15)21)16-9-19-20-10-16;7-5-3-1-2-4-6(5)8/h2-5,7,9-10,12-13,18H,6,8,11H2,1H3,(H,19,20);1-4,8H. The van der Waals surface area contributed by atoms with Gasteiger partial charge < -0.3 is 9.88 Å². The Morgan fingerprint density at radius 2 is 2.03 bits per heavy atom. The molecule has 1 aliphatic rings. The predicted octanol–water partition coefficient (Wildman–Crippen LogP) is 5.14. The molecular weight excluding hydrogens is 383 g/mol. The Morgan fingerprint density at radius 3 is 2.69 bits per heavy atom. The normalized spacial score (nSPS) is 18.6. The van der Waals surface area contributed by atoms with E-state index >= 15 is 0 Å². The van der Waals surface area contributed by atoms with Crippen molar-refractivity contribution in [1.82, 2.24) is 20.1 Å². The van der Waals surface area contributed by atoms with E-state index in [0.717, 1.165) is 24.6 Å². The molecule has 4 aromatic rings. The molecule has 0 aliphatic carbocycles. The third kappa shape index (κ3) is 4.71. The number of H-pyrrole nitrogens is 1. The first-order chi connectivity index (χ1) is 14.1. The largest absolute Gasteiger partial charge is 0.347 e. The summed E-state index contributed by atoms with van der Waals surface area (Å²) >= 11 is 3.82. The average Bonchev–Trinajstić information content (AvgIpc) is 3.47. The van der Waals surface area contributed by atoms with E-state index in [4.69, 9.17) is 0 Å². The fourth-order valence-electron chi connectivity index (χ4n) is 3.85. The van der Waals surface area contributed by atoms with E-state index < -0.39 is 0 Å². The van der Waals surface area contributed by atoms with Crippen LogP contribution in [0.2, 0.25) is 0 Å². The Balaban J connectivity index is 0.000000216. The Kier molecular flexibility index (Phi) is 6.02. The van der Waals surface area contributed by atoms with Crippen molar-refractivity contribution in [2.75, 3.05) is 6.54 Å². The lowest BCUT2D eigenvalue weighted by molar-refractivity contribution is 0.483. The molecule has 3 heterocycles. The van der Waals surface area contributed by atoms with Gasteiger partial charge in [-0.3, -0.25) is 5.10 Å². The van der Waals surface area contributed by atoms with Gasteiger partial charge in [-0.2, -0.15) is 5.10 Å². The van der Waals surface area contributed by atoms with Crippen LogP contribution in [0.4, 0.5) is 4.39 Å². The van der Waals surface area contributed by atoms with Gasteiger partial charge in [-0.25, -0.2) is 4.39 Å². The molecule has 0 bridgehead atoms. The summed E-state index contributed by atoms with van der Waals surface area (Å²) in [6.45, 7) is 4.50. The summed E-state index contributed by atoms with van der Waals surface area (Å²) < 4.78 is 14.6. The minimum absolute atomic E-state index is 0.268. The van der Waals surface area contributed by atoms with Gasteiger partial charge in [-0.05, 0) is 61.7 Å². The highest BCUT2D eigenvalue weighted by Crippen LogP contribution is 2.26. The fraction of sp³-hybridized carbons (Fsp3) is 0.261. The molecule has 4 nitrogen and oxygen atoms in total. The van der Waals surface area contributed by atoms with Crippen LogP contribution in [-0.4, -0.2) is 27.4 Å². The van der Waals surface area contributed by atoms with Crippen molar-refractivity contribution in [3.63, 3.8) is 0 Å². The molecule has 1 aliphatic heterocycles. The van der Waals surface area contributed by atoms with Gasteiger partial charge in [0.15, 0.2) is 0 Å². The second-order valence-electron chi connectivity index (χ2n) is 7.59. The maximum Gasteiger partial charge on any atom is 0.136 e. The van der Waals surface area contributed by atoms with Crippen LogP contribution in [0.25, 0.3) is 22.0 Å². The second kappa shape index (κ2) is 8.84. The summed E-state index contributed by atoms with van der Waals surface area (Å²) in [5.74, 6) is 0.472. The van der Waals surface area contributed by atoms with E-state index in [1.165, 1.54) is 29.0 Å². The van der Waals surface area contributed by atoms with Gasteiger partial charge in [-0.1, -0.05) is 18.2 Å². The van der Waals surface area contributed by atoms with E-state index in [-0.39, 0.29) is 5.82 Å². The minimum Gasteiger partial charge on any atom is -0.347 e. The number of hydrogen-bond donors (Lipinski definition) is 3. The fourth-order valence-corrected chi connectivity index (χ4v) is 4.01. The van der Waals surface area contributed by atoms with Crippen LogP contribution in [0.3, 0.4) is 0 Å². The van der Waals surface area contributed by atoms with Crippen molar-refractivity contribution in [3.8, 4) is 11.1 Å². The zero-order valence-electron chi connectivity index (χ0n) is 16.3. The van der Waals surface area contributed by atoms with Gasteiger partial charge in [0.25, 0.3) is 0 Å². The number of aromatic nitrogens is 3. The monoisotopic (exact) mass is 408 g/mol. The van der Waals surface area contributed by atoms with E-state index in [1.54, 1.807) is 18.2 Å². The summed E-state index contributed by atoms with van der Waals surface area (Å²) in [7, 11) is 0. The lowest BCUT2D eigenvalue weighted by atomic mass is 10.1. The predicted molar refractivity (Wildman–Crippen MR) is 119 cm³/mol. The topological polar surface area (TPSA) is 45.6 Å². The summed E-state index contributed by atoms with van der Waals surface area (Å²) in [6.07, 6.45) is 7.28. The molecule has 1 fully saturated rings. The van der Waals surface area contributed by atoms with E-state index in [9.17, 15) is 4.39 Å². The Bertz CT molecular complexity index is 1050. The average molecular weight is 409 g/mol. The minimum atomic E-state index is -0.268. The number of fused-ring (bicyclic) bond motifs is 1.